The zero-order chi connectivity index (χ0) is 7.72. The van der Waals surface area contributed by atoms with Crippen LogP contribution >= 0.6 is 22.6 Å². The maximum Gasteiger partial charge on any atom is 0.246 e. The second-order valence-electron chi connectivity index (χ2n) is 1.72. The molecule has 0 radical (unpaired) electrons. The summed E-state index contributed by atoms with van der Waals surface area (Å²) in [6, 6.07) is 0. The van der Waals surface area contributed by atoms with Crippen LogP contribution in [0.25, 0.3) is 0 Å². The van der Waals surface area contributed by atoms with Crippen LogP contribution in [0.2, 0.25) is 0 Å². The molecule has 54 valence electrons. The van der Waals surface area contributed by atoms with E-state index in [9.17, 15) is 4.79 Å². The van der Waals surface area contributed by atoms with E-state index in [1.165, 1.54) is 4.68 Å². The van der Waals surface area contributed by atoms with Crippen molar-refractivity contribution in [2.24, 2.45) is 7.05 Å². The molecule has 0 saturated heterocycles. The first kappa shape index (κ1) is 7.45. The van der Waals surface area contributed by atoms with Crippen molar-refractivity contribution in [2.45, 2.75) is 0 Å². The molecule has 0 fully saturated rings. The molecule has 1 heterocycles. The third kappa shape index (κ3) is 1.11. The second kappa shape index (κ2) is 2.52. The van der Waals surface area contributed by atoms with E-state index in [0.717, 1.165) is 0 Å². The highest BCUT2D eigenvalue weighted by Gasteiger charge is 2.11. The molecule has 0 aliphatic carbocycles. The fourth-order valence-corrected chi connectivity index (χ4v) is 0.889. The van der Waals surface area contributed by atoms with Crippen LogP contribution < -0.4 is 5.73 Å². The smallest absolute Gasteiger partial charge is 0.246 e. The van der Waals surface area contributed by atoms with Crippen LogP contribution in [0.1, 0.15) is 10.5 Å². The molecule has 1 aromatic rings. The van der Waals surface area contributed by atoms with Gasteiger partial charge >= 0.3 is 0 Å². The molecule has 1 aromatic heterocycles. The number of rotatable bonds is 1. The third-order valence-corrected chi connectivity index (χ3v) is 1.57. The highest BCUT2D eigenvalue weighted by Crippen LogP contribution is 2.09. The van der Waals surface area contributed by atoms with E-state index < -0.39 is 0 Å². The van der Waals surface area contributed by atoms with E-state index in [-0.39, 0.29) is 9.48 Å². The first-order valence-corrected chi connectivity index (χ1v) is 3.55. The van der Waals surface area contributed by atoms with Gasteiger partial charge in [0.05, 0.1) is 0 Å². The minimum Gasteiger partial charge on any atom is -0.382 e. The SMILES string of the molecule is Cn1nnc(C(=O)I)c1N. The van der Waals surface area contributed by atoms with Gasteiger partial charge in [0, 0.05) is 29.6 Å². The summed E-state index contributed by atoms with van der Waals surface area (Å²) in [5, 5.41) is 7.10. The Bertz CT molecular complexity index is 268. The van der Waals surface area contributed by atoms with Crippen molar-refractivity contribution in [3.8, 4) is 0 Å². The number of halogens is 1. The number of anilines is 1. The van der Waals surface area contributed by atoms with Crippen molar-refractivity contribution in [2.75, 3.05) is 5.73 Å². The summed E-state index contributed by atoms with van der Waals surface area (Å²) in [5.74, 6) is 0.305. The molecule has 5 nitrogen and oxygen atoms in total. The van der Waals surface area contributed by atoms with Gasteiger partial charge in [-0.2, -0.15) is 0 Å². The molecule has 0 atom stereocenters. The Morgan fingerprint density at radius 1 is 1.80 bits per heavy atom. The second-order valence-corrected chi connectivity index (χ2v) is 2.70. The van der Waals surface area contributed by atoms with E-state index >= 15 is 0 Å². The van der Waals surface area contributed by atoms with Gasteiger partial charge in [0.25, 0.3) is 0 Å². The van der Waals surface area contributed by atoms with Crippen LogP contribution in [0.15, 0.2) is 0 Å². The summed E-state index contributed by atoms with van der Waals surface area (Å²) in [6.45, 7) is 0. The summed E-state index contributed by atoms with van der Waals surface area (Å²) >= 11 is 1.61. The average Bonchev–Trinajstić information content (AvgIpc) is 2.14. The lowest BCUT2D eigenvalue weighted by Crippen LogP contribution is -2.00. The monoisotopic (exact) mass is 252 g/mol. The van der Waals surface area contributed by atoms with Crippen LogP contribution in [0.5, 0.6) is 0 Å². The van der Waals surface area contributed by atoms with Crippen LogP contribution in [0.4, 0.5) is 5.82 Å². The number of carbonyl (C=O) groups excluding carboxylic acids is 1. The average molecular weight is 252 g/mol. The number of nitrogens with zero attached hydrogens (tertiary/aromatic N) is 3. The molecule has 0 aliphatic heterocycles. The van der Waals surface area contributed by atoms with Gasteiger partial charge in [-0.1, -0.05) is 5.21 Å². The zero-order valence-corrected chi connectivity index (χ0v) is 7.36. The summed E-state index contributed by atoms with van der Waals surface area (Å²) in [5.41, 5.74) is 5.64. The summed E-state index contributed by atoms with van der Waals surface area (Å²) in [6.07, 6.45) is 0. The molecule has 0 aliphatic rings. The van der Waals surface area contributed by atoms with Gasteiger partial charge < -0.3 is 5.73 Å². The Kier molecular flexibility index (Phi) is 1.88. The molecule has 1 rings (SSSR count). The molecule has 0 aromatic carbocycles. The number of carbonyl (C=O) groups is 1. The number of aryl methyl sites for hydroxylation is 1. The maximum atomic E-state index is 10.7. The van der Waals surface area contributed by atoms with Crippen molar-refractivity contribution >= 4 is 32.2 Å². The lowest BCUT2D eigenvalue weighted by atomic mass is 10.5. The van der Waals surface area contributed by atoms with Gasteiger partial charge in [-0.3, -0.25) is 4.79 Å². The van der Waals surface area contributed by atoms with Crippen molar-refractivity contribution in [1.29, 1.82) is 0 Å². The van der Waals surface area contributed by atoms with Gasteiger partial charge in [0.15, 0.2) is 11.5 Å². The van der Waals surface area contributed by atoms with Gasteiger partial charge in [0.2, 0.25) is 3.79 Å². The molecular formula is C4H5IN4O. The number of nitrogens with two attached hydrogens (primary N) is 1. The number of nitrogen functional groups attached to an aromatic ring is 1. The highest BCUT2D eigenvalue weighted by atomic mass is 127. The number of hydrogen-bond acceptors (Lipinski definition) is 4. The Hall–Kier alpha value is -0.660. The van der Waals surface area contributed by atoms with E-state index in [1.54, 1.807) is 29.6 Å². The maximum absolute atomic E-state index is 10.7. The summed E-state index contributed by atoms with van der Waals surface area (Å²) in [4.78, 5) is 10.7. The van der Waals surface area contributed by atoms with Crippen molar-refractivity contribution in [3.63, 3.8) is 0 Å². The Morgan fingerprint density at radius 2 is 2.40 bits per heavy atom. The van der Waals surface area contributed by atoms with Gasteiger partial charge in [-0.05, 0) is 0 Å². The predicted octanol–water partition coefficient (Wildman–Crippen LogP) is -0.0275. The van der Waals surface area contributed by atoms with E-state index in [2.05, 4.69) is 10.3 Å². The van der Waals surface area contributed by atoms with Gasteiger partial charge in [-0.25, -0.2) is 4.68 Å². The van der Waals surface area contributed by atoms with Crippen molar-refractivity contribution in [1.82, 2.24) is 15.0 Å². The van der Waals surface area contributed by atoms with E-state index in [4.69, 9.17) is 5.73 Å². The normalized spacial score (nSPS) is 9.80. The van der Waals surface area contributed by atoms with Gasteiger partial charge in [-0.15, -0.1) is 5.10 Å². The van der Waals surface area contributed by atoms with Gasteiger partial charge in [0.1, 0.15) is 0 Å². The lowest BCUT2D eigenvalue weighted by molar-refractivity contribution is 0.110. The minimum absolute atomic E-state index is 0.191. The largest absolute Gasteiger partial charge is 0.382 e. The Morgan fingerprint density at radius 3 is 2.60 bits per heavy atom. The molecule has 0 amide bonds. The topological polar surface area (TPSA) is 73.8 Å². The van der Waals surface area contributed by atoms with Crippen LogP contribution in [0.3, 0.4) is 0 Å². The summed E-state index contributed by atoms with van der Waals surface area (Å²) in [7, 11) is 1.63. The standard InChI is InChI=1S/C4H5IN4O/c1-9-4(6)2(3(5)10)7-8-9/h6H2,1H3. The molecule has 6 heteroatoms. The fraction of sp³-hybridized carbons (Fsp3) is 0.250. The molecule has 2 N–H and O–H groups in total. The highest BCUT2D eigenvalue weighted by molar-refractivity contribution is 14.1. The van der Waals surface area contributed by atoms with E-state index in [0.29, 0.717) is 5.82 Å². The van der Waals surface area contributed by atoms with Crippen LogP contribution in [-0.4, -0.2) is 18.8 Å². The minimum atomic E-state index is -0.191. The Balaban J connectivity index is 3.17. The third-order valence-electron chi connectivity index (χ3n) is 1.06. The molecule has 10 heavy (non-hydrogen) atoms. The zero-order valence-electron chi connectivity index (χ0n) is 5.21. The van der Waals surface area contributed by atoms with Crippen LogP contribution in [-0.2, 0) is 7.05 Å². The number of aromatic nitrogens is 3. The first-order chi connectivity index (χ1) is 4.63. The molecule has 0 spiro atoms. The summed E-state index contributed by atoms with van der Waals surface area (Å²) < 4.78 is 1.16. The number of hydrogen-bond donors (Lipinski definition) is 1. The molecule has 0 unspecified atom stereocenters. The van der Waals surface area contributed by atoms with Crippen LogP contribution in [0, 0.1) is 0 Å². The lowest BCUT2D eigenvalue weighted by Gasteiger charge is -1.89. The van der Waals surface area contributed by atoms with Crippen molar-refractivity contribution < 1.29 is 4.79 Å². The van der Waals surface area contributed by atoms with E-state index in [1.807, 2.05) is 0 Å². The molecular weight excluding hydrogens is 247 g/mol. The quantitative estimate of drug-likeness (QED) is 0.562. The molecule has 0 bridgehead atoms. The Labute approximate surface area is 70.7 Å². The van der Waals surface area contributed by atoms with Crippen molar-refractivity contribution in [3.05, 3.63) is 5.69 Å². The molecule has 0 saturated carbocycles. The first-order valence-electron chi connectivity index (χ1n) is 2.48. The fourth-order valence-electron chi connectivity index (χ4n) is 0.504. The predicted molar refractivity (Wildman–Crippen MR) is 43.8 cm³/mol.